The molecule has 0 aliphatic carbocycles. The Kier molecular flexibility index (Phi) is 9.88. The van der Waals surface area contributed by atoms with Crippen LogP contribution in [0.25, 0.3) is 0 Å². The van der Waals surface area contributed by atoms with Crippen LogP contribution < -0.4 is 19.1 Å². The van der Waals surface area contributed by atoms with E-state index < -0.39 is 16.1 Å². The number of ether oxygens (including phenoxy) is 2. The quantitative estimate of drug-likeness (QED) is 0.328. The summed E-state index contributed by atoms with van der Waals surface area (Å²) in [6, 6.07) is 21.7. The van der Waals surface area contributed by atoms with Crippen LogP contribution in [0, 0.1) is 6.92 Å². The summed E-state index contributed by atoms with van der Waals surface area (Å²) in [5.74, 6) is 0.577. The van der Waals surface area contributed by atoms with Gasteiger partial charge in [0.25, 0.3) is 0 Å². The summed E-state index contributed by atoms with van der Waals surface area (Å²) in [6.45, 7) is 4.71. The number of carbonyl (C=O) groups is 2. The first-order chi connectivity index (χ1) is 19.7. The van der Waals surface area contributed by atoms with Gasteiger partial charge in [-0.1, -0.05) is 60.2 Å². The highest BCUT2D eigenvalue weighted by Crippen LogP contribution is 2.36. The van der Waals surface area contributed by atoms with E-state index in [0.29, 0.717) is 30.2 Å². The molecule has 1 aliphatic heterocycles. The van der Waals surface area contributed by atoms with Gasteiger partial charge in [0.15, 0.2) is 11.5 Å². The average Bonchev–Trinajstić information content (AvgIpc) is 3.42. The maximum absolute atomic E-state index is 13.8. The number of benzene rings is 3. The number of aryl methyl sites for hydroxylation is 1. The lowest BCUT2D eigenvalue weighted by atomic mass is 10.0. The molecule has 1 heterocycles. The van der Waals surface area contributed by atoms with Gasteiger partial charge in [-0.05, 0) is 43.5 Å². The Bertz CT molecular complexity index is 1440. The van der Waals surface area contributed by atoms with Crippen molar-refractivity contribution in [3.8, 4) is 11.5 Å². The second kappa shape index (κ2) is 13.5. The van der Waals surface area contributed by atoms with Crippen LogP contribution in [0.2, 0.25) is 0 Å². The zero-order chi connectivity index (χ0) is 29.4. The highest BCUT2D eigenvalue weighted by molar-refractivity contribution is 7.92. The van der Waals surface area contributed by atoms with Gasteiger partial charge in [-0.15, -0.1) is 0 Å². The Labute approximate surface area is 242 Å². The number of hydrogen-bond acceptors (Lipinski definition) is 6. The molecule has 4 rings (SSSR count). The lowest BCUT2D eigenvalue weighted by Crippen LogP contribution is -2.50. The number of hydrogen-bond donors (Lipinski definition) is 1. The number of anilines is 1. The summed E-state index contributed by atoms with van der Waals surface area (Å²) < 4.78 is 37.4. The fraction of sp³-hybridized carbons (Fsp3) is 0.355. The van der Waals surface area contributed by atoms with Gasteiger partial charge in [0.05, 0.1) is 11.9 Å². The topological polar surface area (TPSA) is 105 Å². The Morgan fingerprint density at radius 3 is 2.34 bits per heavy atom. The van der Waals surface area contributed by atoms with Gasteiger partial charge in [-0.2, -0.15) is 0 Å². The Morgan fingerprint density at radius 2 is 1.66 bits per heavy atom. The number of likely N-dealkylation sites (N-methyl/N-ethyl adjacent to an activating group) is 1. The van der Waals surface area contributed by atoms with E-state index in [1.165, 1.54) is 4.31 Å². The van der Waals surface area contributed by atoms with E-state index in [1.54, 1.807) is 23.1 Å². The van der Waals surface area contributed by atoms with Crippen molar-refractivity contribution in [2.24, 2.45) is 0 Å². The zero-order valence-corrected chi connectivity index (χ0v) is 24.5. The molecular weight excluding hydrogens is 542 g/mol. The predicted molar refractivity (Wildman–Crippen MR) is 158 cm³/mol. The van der Waals surface area contributed by atoms with E-state index in [4.69, 9.17) is 9.47 Å². The maximum Gasteiger partial charge on any atom is 0.243 e. The fourth-order valence-corrected chi connectivity index (χ4v) is 5.74. The van der Waals surface area contributed by atoms with Crippen molar-refractivity contribution in [1.82, 2.24) is 10.2 Å². The van der Waals surface area contributed by atoms with Crippen LogP contribution in [-0.4, -0.2) is 57.3 Å². The molecule has 3 aromatic rings. The number of carbonyl (C=O) groups excluding carboxylic acids is 2. The molecule has 0 aromatic heterocycles. The first-order valence-corrected chi connectivity index (χ1v) is 15.5. The Hall–Kier alpha value is -4.05. The lowest BCUT2D eigenvalue weighted by molar-refractivity contribution is -0.141. The number of amides is 2. The molecular formula is C31H37N3O6S. The zero-order valence-electron chi connectivity index (χ0n) is 23.7. The molecule has 218 valence electrons. The summed E-state index contributed by atoms with van der Waals surface area (Å²) in [5.41, 5.74) is 3.38. The van der Waals surface area contributed by atoms with Gasteiger partial charge in [0.2, 0.25) is 28.6 Å². The smallest absolute Gasteiger partial charge is 0.243 e. The van der Waals surface area contributed by atoms with Crippen LogP contribution >= 0.6 is 0 Å². The monoisotopic (exact) mass is 579 g/mol. The molecule has 10 heteroatoms. The molecule has 1 N–H and O–H groups in total. The lowest BCUT2D eigenvalue weighted by Gasteiger charge is -2.32. The third-order valence-corrected chi connectivity index (χ3v) is 8.09. The second-order valence-corrected chi connectivity index (χ2v) is 12.0. The number of fused-ring (bicyclic) bond motifs is 1. The Morgan fingerprint density at radius 1 is 0.951 bits per heavy atom. The summed E-state index contributed by atoms with van der Waals surface area (Å²) in [4.78, 5) is 28.8. The molecule has 1 unspecified atom stereocenters. The van der Waals surface area contributed by atoms with Crippen LogP contribution in [0.1, 0.15) is 36.5 Å². The van der Waals surface area contributed by atoms with E-state index >= 15 is 0 Å². The predicted octanol–water partition coefficient (Wildman–Crippen LogP) is 4.05. The van der Waals surface area contributed by atoms with Crippen molar-refractivity contribution in [3.63, 3.8) is 0 Å². The molecule has 3 aromatic carbocycles. The number of nitrogens with zero attached hydrogens (tertiary/aromatic N) is 2. The molecule has 2 amide bonds. The summed E-state index contributed by atoms with van der Waals surface area (Å²) in [7, 11) is -3.64. The molecule has 0 saturated heterocycles. The summed E-state index contributed by atoms with van der Waals surface area (Å²) >= 11 is 0. The first kappa shape index (κ1) is 29.9. The van der Waals surface area contributed by atoms with Gasteiger partial charge in [-0.25, -0.2) is 8.42 Å². The third kappa shape index (κ3) is 8.00. The molecule has 0 fully saturated rings. The van der Waals surface area contributed by atoms with Gasteiger partial charge in [-0.3, -0.25) is 13.9 Å². The molecule has 41 heavy (non-hydrogen) atoms. The van der Waals surface area contributed by atoms with Crippen molar-refractivity contribution in [2.75, 3.05) is 30.4 Å². The first-order valence-electron chi connectivity index (χ1n) is 13.7. The molecule has 1 atom stereocenters. The number of nitrogens with one attached hydrogen (secondary N) is 1. The van der Waals surface area contributed by atoms with E-state index in [9.17, 15) is 18.0 Å². The van der Waals surface area contributed by atoms with Crippen molar-refractivity contribution in [2.45, 2.75) is 45.7 Å². The van der Waals surface area contributed by atoms with Crippen LogP contribution in [0.15, 0.2) is 72.8 Å². The number of rotatable bonds is 13. The van der Waals surface area contributed by atoms with Crippen molar-refractivity contribution in [1.29, 1.82) is 0 Å². The summed E-state index contributed by atoms with van der Waals surface area (Å²) in [6.07, 6.45) is 1.82. The van der Waals surface area contributed by atoms with Gasteiger partial charge in [0.1, 0.15) is 6.04 Å². The minimum Gasteiger partial charge on any atom is -0.454 e. The molecule has 1 aliphatic rings. The van der Waals surface area contributed by atoms with Crippen molar-refractivity contribution in [3.05, 3.63) is 89.5 Å². The summed E-state index contributed by atoms with van der Waals surface area (Å²) in [5, 5.41) is 2.89. The molecule has 0 saturated carbocycles. The second-order valence-electron chi connectivity index (χ2n) is 10.1. The average molecular weight is 580 g/mol. The minimum absolute atomic E-state index is 0.0626. The molecule has 0 radical (unpaired) electrons. The highest BCUT2D eigenvalue weighted by atomic mass is 32.2. The molecule has 9 nitrogen and oxygen atoms in total. The largest absolute Gasteiger partial charge is 0.454 e. The SMILES string of the molecule is CCNC(=O)C(Cc1ccccc1)N(Cc1ccc(C)cc1)C(=O)CCCN(c1ccc2c(c1)OCO2)S(C)(=O)=O. The fourth-order valence-electron chi connectivity index (χ4n) is 4.78. The minimum atomic E-state index is -3.64. The van der Waals surface area contributed by atoms with Crippen molar-refractivity contribution >= 4 is 27.5 Å². The van der Waals surface area contributed by atoms with E-state index in [0.717, 1.165) is 22.9 Å². The third-order valence-electron chi connectivity index (χ3n) is 6.89. The maximum atomic E-state index is 13.8. The van der Waals surface area contributed by atoms with Crippen molar-refractivity contribution < 1.29 is 27.5 Å². The van der Waals surface area contributed by atoms with Gasteiger partial charge >= 0.3 is 0 Å². The van der Waals surface area contributed by atoms with E-state index in [2.05, 4.69) is 5.32 Å². The molecule has 0 bridgehead atoms. The van der Waals surface area contributed by atoms with Crippen LogP contribution in [-0.2, 0) is 32.6 Å². The van der Waals surface area contributed by atoms with Crippen LogP contribution in [0.3, 0.4) is 0 Å². The molecule has 0 spiro atoms. The van der Waals surface area contributed by atoms with Gasteiger partial charge in [0, 0.05) is 38.5 Å². The number of sulfonamides is 1. The standard InChI is InChI=1S/C31H37N3O6S/c1-4-32-31(36)27(19-24-9-6-5-7-10-24)33(21-25-14-12-23(2)13-15-25)30(35)11-8-18-34(41(3,37)38)26-16-17-28-29(20-26)40-22-39-28/h5-7,9-10,12-17,20,27H,4,8,11,18-19,21-22H2,1-3H3,(H,32,36). The normalized spacial score (nSPS) is 13.0. The van der Waals surface area contributed by atoms with Gasteiger partial charge < -0.3 is 19.7 Å². The van der Waals surface area contributed by atoms with E-state index in [1.807, 2.05) is 68.4 Å². The van der Waals surface area contributed by atoms with Crippen LogP contribution in [0.5, 0.6) is 11.5 Å². The Balaban J connectivity index is 1.55. The van der Waals surface area contributed by atoms with Crippen LogP contribution in [0.4, 0.5) is 5.69 Å². The van der Waals surface area contributed by atoms with E-state index in [-0.39, 0.29) is 44.5 Å². The highest BCUT2D eigenvalue weighted by Gasteiger charge is 2.30.